The smallest absolute Gasteiger partial charge is 0.231 e. The summed E-state index contributed by atoms with van der Waals surface area (Å²) in [5.74, 6) is 1.00. The first kappa shape index (κ1) is 12.8. The molecule has 0 atom stereocenters. The molecular formula is C10H15ClN6O. The molecule has 98 valence electrons. The average molecular weight is 271 g/mol. The van der Waals surface area contributed by atoms with Gasteiger partial charge in [0.05, 0.1) is 0 Å². The van der Waals surface area contributed by atoms with E-state index >= 15 is 0 Å². The van der Waals surface area contributed by atoms with E-state index < -0.39 is 0 Å². The summed E-state index contributed by atoms with van der Waals surface area (Å²) in [6.45, 7) is 4.49. The molecule has 0 saturated carbocycles. The second-order valence-corrected chi connectivity index (χ2v) is 4.18. The lowest BCUT2D eigenvalue weighted by molar-refractivity contribution is -0.120. The Morgan fingerprint density at radius 3 is 3.00 bits per heavy atom. The quantitative estimate of drug-likeness (QED) is 0.821. The number of anilines is 2. The van der Waals surface area contributed by atoms with E-state index in [2.05, 4.69) is 25.6 Å². The normalized spacial score (nSPS) is 16.1. The average Bonchev–Trinajstić information content (AvgIpc) is 2.54. The zero-order chi connectivity index (χ0) is 13.0. The van der Waals surface area contributed by atoms with Gasteiger partial charge in [0.2, 0.25) is 23.1 Å². The zero-order valence-electron chi connectivity index (χ0n) is 10.1. The number of carbonyl (C=O) groups is 1. The van der Waals surface area contributed by atoms with E-state index in [0.29, 0.717) is 44.5 Å². The Morgan fingerprint density at radius 1 is 1.39 bits per heavy atom. The summed E-state index contributed by atoms with van der Waals surface area (Å²) >= 11 is 5.86. The molecule has 0 bridgehead atoms. The Labute approximate surface area is 110 Å². The summed E-state index contributed by atoms with van der Waals surface area (Å²) in [6.07, 6.45) is 0.430. The van der Waals surface area contributed by atoms with E-state index in [9.17, 15) is 4.79 Å². The van der Waals surface area contributed by atoms with Crippen LogP contribution in [0.2, 0.25) is 5.28 Å². The SMILES string of the molecule is CCNc1nc(Cl)nc(N2CCNC(=O)CC2)n1. The number of rotatable bonds is 3. The van der Waals surface area contributed by atoms with Crippen molar-refractivity contribution >= 4 is 29.4 Å². The third kappa shape index (κ3) is 3.19. The minimum Gasteiger partial charge on any atom is -0.354 e. The topological polar surface area (TPSA) is 83.0 Å². The summed E-state index contributed by atoms with van der Waals surface area (Å²) < 4.78 is 0. The monoisotopic (exact) mass is 270 g/mol. The molecule has 2 heterocycles. The molecule has 0 aromatic carbocycles. The number of aromatic nitrogens is 3. The van der Waals surface area contributed by atoms with Crippen LogP contribution in [-0.4, -0.2) is 47.0 Å². The molecule has 1 aromatic heterocycles. The first-order valence-electron chi connectivity index (χ1n) is 5.86. The summed E-state index contributed by atoms with van der Waals surface area (Å²) in [4.78, 5) is 25.5. The molecule has 1 saturated heterocycles. The summed E-state index contributed by atoms with van der Waals surface area (Å²) in [5.41, 5.74) is 0. The second kappa shape index (κ2) is 5.81. The molecule has 2 N–H and O–H groups in total. The van der Waals surface area contributed by atoms with Gasteiger partial charge in [-0.3, -0.25) is 4.79 Å². The molecule has 1 aliphatic heterocycles. The van der Waals surface area contributed by atoms with Crippen LogP contribution in [0, 0.1) is 0 Å². The Hall–Kier alpha value is -1.63. The molecule has 1 fully saturated rings. The Bertz CT molecular complexity index is 440. The van der Waals surface area contributed by atoms with Crippen molar-refractivity contribution in [3.05, 3.63) is 5.28 Å². The van der Waals surface area contributed by atoms with Gasteiger partial charge in [-0.15, -0.1) is 0 Å². The fourth-order valence-corrected chi connectivity index (χ4v) is 1.84. The maximum Gasteiger partial charge on any atom is 0.231 e. The predicted octanol–water partition coefficient (Wildman–Crippen LogP) is 0.283. The van der Waals surface area contributed by atoms with Gasteiger partial charge in [-0.25, -0.2) is 0 Å². The van der Waals surface area contributed by atoms with Crippen molar-refractivity contribution in [3.63, 3.8) is 0 Å². The molecule has 1 aliphatic rings. The van der Waals surface area contributed by atoms with Gasteiger partial charge in [0.1, 0.15) is 0 Å². The van der Waals surface area contributed by atoms with Gasteiger partial charge in [-0.05, 0) is 18.5 Å². The number of carbonyl (C=O) groups excluding carboxylic acids is 1. The van der Waals surface area contributed by atoms with Crippen LogP contribution in [0.25, 0.3) is 0 Å². The van der Waals surface area contributed by atoms with Crippen LogP contribution in [0.4, 0.5) is 11.9 Å². The van der Waals surface area contributed by atoms with Gasteiger partial charge in [0.15, 0.2) is 0 Å². The highest BCUT2D eigenvalue weighted by Crippen LogP contribution is 2.14. The maximum absolute atomic E-state index is 11.3. The minimum absolute atomic E-state index is 0.0459. The molecular weight excluding hydrogens is 256 g/mol. The fraction of sp³-hybridized carbons (Fsp3) is 0.600. The summed E-state index contributed by atoms with van der Waals surface area (Å²) in [7, 11) is 0. The number of nitrogens with zero attached hydrogens (tertiary/aromatic N) is 4. The van der Waals surface area contributed by atoms with Gasteiger partial charge < -0.3 is 15.5 Å². The first-order valence-corrected chi connectivity index (χ1v) is 6.24. The van der Waals surface area contributed by atoms with Crippen LogP contribution in [0.1, 0.15) is 13.3 Å². The van der Waals surface area contributed by atoms with Crippen LogP contribution in [0.3, 0.4) is 0 Å². The van der Waals surface area contributed by atoms with Crippen LogP contribution in [0.5, 0.6) is 0 Å². The second-order valence-electron chi connectivity index (χ2n) is 3.85. The van der Waals surface area contributed by atoms with E-state index in [1.165, 1.54) is 0 Å². The number of hydrogen-bond acceptors (Lipinski definition) is 6. The maximum atomic E-state index is 11.3. The molecule has 2 rings (SSSR count). The largest absolute Gasteiger partial charge is 0.354 e. The van der Waals surface area contributed by atoms with Crippen molar-refractivity contribution in [1.29, 1.82) is 0 Å². The molecule has 7 nitrogen and oxygen atoms in total. The molecule has 8 heteroatoms. The lowest BCUT2D eigenvalue weighted by Crippen LogP contribution is -2.30. The predicted molar refractivity (Wildman–Crippen MR) is 68.8 cm³/mol. The van der Waals surface area contributed by atoms with Crippen LogP contribution in [0.15, 0.2) is 0 Å². The lowest BCUT2D eigenvalue weighted by atomic mass is 10.4. The van der Waals surface area contributed by atoms with Gasteiger partial charge in [-0.2, -0.15) is 15.0 Å². The highest BCUT2D eigenvalue weighted by atomic mass is 35.5. The standard InChI is InChI=1S/C10H15ClN6O/c1-2-12-9-14-8(11)15-10(16-9)17-5-3-7(18)13-4-6-17/h2-6H2,1H3,(H,13,18)(H,12,14,15,16). The molecule has 0 radical (unpaired) electrons. The lowest BCUT2D eigenvalue weighted by Gasteiger charge is -2.19. The van der Waals surface area contributed by atoms with Gasteiger partial charge in [0.25, 0.3) is 0 Å². The Kier molecular flexibility index (Phi) is 4.14. The van der Waals surface area contributed by atoms with E-state index in [0.717, 1.165) is 0 Å². The van der Waals surface area contributed by atoms with Crippen molar-refractivity contribution in [2.24, 2.45) is 0 Å². The van der Waals surface area contributed by atoms with E-state index in [-0.39, 0.29) is 11.2 Å². The summed E-state index contributed by atoms with van der Waals surface area (Å²) in [6, 6.07) is 0. The van der Waals surface area contributed by atoms with Crippen molar-refractivity contribution in [1.82, 2.24) is 20.3 Å². The van der Waals surface area contributed by atoms with Gasteiger partial charge >= 0.3 is 0 Å². The molecule has 0 aliphatic carbocycles. The molecule has 0 unspecified atom stereocenters. The zero-order valence-corrected chi connectivity index (χ0v) is 10.9. The van der Waals surface area contributed by atoms with Gasteiger partial charge in [-0.1, -0.05) is 0 Å². The molecule has 1 aromatic rings. The Morgan fingerprint density at radius 2 is 2.22 bits per heavy atom. The fourth-order valence-electron chi connectivity index (χ4n) is 1.69. The number of amides is 1. The number of hydrogen-bond donors (Lipinski definition) is 2. The molecule has 0 spiro atoms. The number of nitrogens with one attached hydrogen (secondary N) is 2. The van der Waals surface area contributed by atoms with Crippen molar-refractivity contribution in [2.75, 3.05) is 36.4 Å². The molecule has 18 heavy (non-hydrogen) atoms. The van der Waals surface area contributed by atoms with Crippen LogP contribution < -0.4 is 15.5 Å². The molecule has 1 amide bonds. The van der Waals surface area contributed by atoms with E-state index in [4.69, 9.17) is 11.6 Å². The van der Waals surface area contributed by atoms with Crippen molar-refractivity contribution < 1.29 is 4.79 Å². The van der Waals surface area contributed by atoms with Crippen LogP contribution in [-0.2, 0) is 4.79 Å². The third-order valence-corrected chi connectivity index (χ3v) is 2.70. The first-order chi connectivity index (χ1) is 8.69. The van der Waals surface area contributed by atoms with Gasteiger partial charge in [0, 0.05) is 32.6 Å². The van der Waals surface area contributed by atoms with E-state index in [1.807, 2.05) is 11.8 Å². The Balaban J connectivity index is 2.18. The van der Waals surface area contributed by atoms with Crippen molar-refractivity contribution in [2.45, 2.75) is 13.3 Å². The van der Waals surface area contributed by atoms with Crippen LogP contribution >= 0.6 is 11.6 Å². The number of halogens is 1. The van der Waals surface area contributed by atoms with Crippen molar-refractivity contribution in [3.8, 4) is 0 Å². The highest BCUT2D eigenvalue weighted by molar-refractivity contribution is 6.28. The third-order valence-electron chi connectivity index (χ3n) is 2.53. The summed E-state index contributed by atoms with van der Waals surface area (Å²) in [5, 5.41) is 5.95. The minimum atomic E-state index is 0.0459. The van der Waals surface area contributed by atoms with E-state index in [1.54, 1.807) is 0 Å². The highest BCUT2D eigenvalue weighted by Gasteiger charge is 2.17.